The number of fused-ring (bicyclic) bond motifs is 1. The Hall–Kier alpha value is -3.41. The maximum Gasteiger partial charge on any atom is 0.325 e. The molecule has 0 aliphatic carbocycles. The summed E-state index contributed by atoms with van der Waals surface area (Å²) in [5.74, 6) is -0.476. The van der Waals surface area contributed by atoms with Gasteiger partial charge in [0.25, 0.3) is 0 Å². The van der Waals surface area contributed by atoms with Crippen molar-refractivity contribution >= 4 is 29.0 Å². The number of amides is 1. The van der Waals surface area contributed by atoms with Gasteiger partial charge >= 0.3 is 5.97 Å². The van der Waals surface area contributed by atoms with Crippen molar-refractivity contribution in [1.82, 2.24) is 15.3 Å². The first-order valence-corrected chi connectivity index (χ1v) is 10.0. The molecule has 0 fully saturated rings. The van der Waals surface area contributed by atoms with Gasteiger partial charge in [0.15, 0.2) is 0 Å². The third-order valence-electron chi connectivity index (χ3n) is 5.24. The molecule has 1 atom stereocenters. The normalized spacial score (nSPS) is 12.8. The molecule has 1 amide bonds. The van der Waals surface area contributed by atoms with Gasteiger partial charge in [-0.1, -0.05) is 25.1 Å². The number of nitrogens with one attached hydrogen (secondary N) is 2. The van der Waals surface area contributed by atoms with E-state index in [4.69, 9.17) is 5.11 Å². The molecule has 0 aliphatic heterocycles. The van der Waals surface area contributed by atoms with E-state index in [1.54, 1.807) is 13.0 Å². The van der Waals surface area contributed by atoms with Crippen LogP contribution in [0.2, 0.25) is 0 Å². The fourth-order valence-electron chi connectivity index (χ4n) is 3.37. The molecule has 6 heteroatoms. The molecule has 0 spiro atoms. The van der Waals surface area contributed by atoms with E-state index in [2.05, 4.69) is 46.5 Å². The minimum absolute atomic E-state index is 0.387. The van der Waals surface area contributed by atoms with E-state index in [-0.39, 0.29) is 5.91 Å². The summed E-state index contributed by atoms with van der Waals surface area (Å²) in [6.07, 6.45) is 2.65. The highest BCUT2D eigenvalue weighted by Gasteiger charge is 2.15. The number of aliphatic carboxylic acids is 1. The van der Waals surface area contributed by atoms with E-state index in [1.165, 1.54) is 6.92 Å². The molecular formula is C24H27N3O3. The predicted octanol–water partition coefficient (Wildman–Crippen LogP) is 4.40. The third kappa shape index (κ3) is 4.43. The zero-order valence-electron chi connectivity index (χ0n) is 18.0. The Morgan fingerprint density at radius 1 is 1.20 bits per heavy atom. The first kappa shape index (κ1) is 21.3. The minimum Gasteiger partial charge on any atom is -0.480 e. The first-order chi connectivity index (χ1) is 14.2. The number of aromatic nitrogens is 2. The largest absolute Gasteiger partial charge is 0.480 e. The van der Waals surface area contributed by atoms with Gasteiger partial charge in [0.1, 0.15) is 11.9 Å². The van der Waals surface area contributed by atoms with Gasteiger partial charge in [-0.05, 0) is 73.7 Å². The lowest BCUT2D eigenvalue weighted by atomic mass is 9.94. The van der Waals surface area contributed by atoms with Crippen molar-refractivity contribution in [3.63, 3.8) is 0 Å². The summed E-state index contributed by atoms with van der Waals surface area (Å²) >= 11 is 0. The Labute approximate surface area is 176 Å². The molecule has 0 saturated carbocycles. The fourth-order valence-corrected chi connectivity index (χ4v) is 3.37. The van der Waals surface area contributed by atoms with Crippen molar-refractivity contribution < 1.29 is 14.7 Å². The Bertz CT molecular complexity index is 1160. The lowest BCUT2D eigenvalue weighted by molar-refractivity contribution is -0.140. The zero-order valence-corrected chi connectivity index (χ0v) is 18.0. The van der Waals surface area contributed by atoms with Gasteiger partial charge in [0.2, 0.25) is 5.91 Å². The highest BCUT2D eigenvalue weighted by molar-refractivity contribution is 5.99. The van der Waals surface area contributed by atoms with E-state index in [9.17, 15) is 9.59 Å². The number of aromatic amines is 1. The van der Waals surface area contributed by atoms with Crippen LogP contribution in [-0.2, 0) is 16.0 Å². The van der Waals surface area contributed by atoms with E-state index in [0.717, 1.165) is 51.1 Å². The third-order valence-corrected chi connectivity index (χ3v) is 5.24. The summed E-state index contributed by atoms with van der Waals surface area (Å²) < 4.78 is 0. The van der Waals surface area contributed by atoms with Crippen LogP contribution in [0.5, 0.6) is 0 Å². The maximum atomic E-state index is 12.2. The van der Waals surface area contributed by atoms with Gasteiger partial charge in [0.05, 0.1) is 11.0 Å². The van der Waals surface area contributed by atoms with Crippen LogP contribution in [0, 0.1) is 13.8 Å². The monoisotopic (exact) mass is 405 g/mol. The van der Waals surface area contributed by atoms with Crippen LogP contribution < -0.4 is 5.32 Å². The van der Waals surface area contributed by atoms with E-state index in [1.807, 2.05) is 19.9 Å². The molecule has 0 unspecified atom stereocenters. The molecule has 3 aromatic rings. The maximum absolute atomic E-state index is 12.2. The molecule has 3 N–H and O–H groups in total. The Morgan fingerprint density at radius 3 is 2.60 bits per heavy atom. The molecule has 0 aliphatic rings. The number of hydrogen-bond donors (Lipinski definition) is 3. The highest BCUT2D eigenvalue weighted by atomic mass is 16.4. The number of hydrogen-bond acceptors (Lipinski definition) is 3. The molecule has 0 bridgehead atoms. The van der Waals surface area contributed by atoms with Gasteiger partial charge in [-0.25, -0.2) is 4.98 Å². The number of rotatable bonds is 6. The van der Waals surface area contributed by atoms with Gasteiger partial charge in [0, 0.05) is 12.0 Å². The summed E-state index contributed by atoms with van der Waals surface area (Å²) in [5.41, 5.74) is 7.71. The number of carboxylic acids is 1. The van der Waals surface area contributed by atoms with E-state index in [0.29, 0.717) is 5.57 Å². The number of carboxylic acid groups (broad SMARTS) is 1. The molecule has 1 heterocycles. The van der Waals surface area contributed by atoms with Gasteiger partial charge in [-0.3, -0.25) is 9.59 Å². The van der Waals surface area contributed by atoms with Gasteiger partial charge in [-0.15, -0.1) is 0 Å². The number of benzene rings is 2. The molecule has 0 saturated heterocycles. The Morgan fingerprint density at radius 2 is 1.93 bits per heavy atom. The molecule has 30 heavy (non-hydrogen) atoms. The second-order valence-corrected chi connectivity index (χ2v) is 7.65. The molecule has 1 aromatic heterocycles. The number of carbonyl (C=O) groups is 2. The summed E-state index contributed by atoms with van der Waals surface area (Å²) in [7, 11) is 0. The molecule has 3 rings (SSSR count). The quantitative estimate of drug-likeness (QED) is 0.530. The summed E-state index contributed by atoms with van der Waals surface area (Å²) in [6, 6.07) is 9.46. The summed E-state index contributed by atoms with van der Waals surface area (Å²) in [5, 5.41) is 11.4. The van der Waals surface area contributed by atoms with Crippen molar-refractivity contribution in [2.75, 3.05) is 0 Å². The molecule has 6 nitrogen and oxygen atoms in total. The number of aryl methyl sites for hydroxylation is 3. The lowest BCUT2D eigenvalue weighted by Crippen LogP contribution is -2.38. The van der Waals surface area contributed by atoms with E-state index >= 15 is 0 Å². The first-order valence-electron chi connectivity index (χ1n) is 10.0. The molecule has 2 aromatic carbocycles. The van der Waals surface area contributed by atoms with Crippen LogP contribution in [-0.4, -0.2) is 33.0 Å². The summed E-state index contributed by atoms with van der Waals surface area (Å²) in [4.78, 5) is 31.1. The standard InChI is InChI=1S/C24H27N3O3/c1-6-22-26-20-8-7-17(12-21(20)27-22)19-11-13(2)18(9-14(19)3)10-15(4)23(28)25-16(5)24(29)30/h7-12,16H,6H2,1-5H3,(H,25,28)(H,26,27)(H,29,30)/b15-10+/t16-/m1/s1. The zero-order chi connectivity index (χ0) is 22.0. The van der Waals surface area contributed by atoms with Crippen LogP contribution in [0.15, 0.2) is 35.9 Å². The van der Waals surface area contributed by atoms with Crippen molar-refractivity contribution in [1.29, 1.82) is 0 Å². The SMILES string of the molecule is CCc1nc2cc(-c3cc(C)c(/C=C(\C)C(=O)N[C@H](C)C(=O)O)cc3C)ccc2[nH]1. The Balaban J connectivity index is 1.92. The number of carbonyl (C=O) groups excluding carboxylic acids is 1. The predicted molar refractivity (Wildman–Crippen MR) is 119 cm³/mol. The van der Waals surface area contributed by atoms with Crippen molar-refractivity contribution in [2.24, 2.45) is 0 Å². The molecule has 156 valence electrons. The molecule has 0 radical (unpaired) electrons. The van der Waals surface area contributed by atoms with E-state index < -0.39 is 12.0 Å². The van der Waals surface area contributed by atoms with Crippen LogP contribution in [0.1, 0.15) is 43.3 Å². The summed E-state index contributed by atoms with van der Waals surface area (Å²) in [6.45, 7) is 9.24. The second-order valence-electron chi connectivity index (χ2n) is 7.65. The molecular weight excluding hydrogens is 378 g/mol. The average molecular weight is 405 g/mol. The van der Waals surface area contributed by atoms with Crippen LogP contribution in [0.3, 0.4) is 0 Å². The fraction of sp³-hybridized carbons (Fsp3) is 0.292. The smallest absolute Gasteiger partial charge is 0.325 e. The number of imidazole rings is 1. The van der Waals surface area contributed by atoms with Crippen LogP contribution in [0.4, 0.5) is 0 Å². The van der Waals surface area contributed by atoms with Gasteiger partial charge < -0.3 is 15.4 Å². The van der Waals surface area contributed by atoms with Crippen molar-refractivity contribution in [3.05, 3.63) is 58.4 Å². The van der Waals surface area contributed by atoms with Crippen molar-refractivity contribution in [3.8, 4) is 11.1 Å². The second kappa shape index (κ2) is 8.53. The van der Waals surface area contributed by atoms with Crippen LogP contribution >= 0.6 is 0 Å². The highest BCUT2D eigenvalue weighted by Crippen LogP contribution is 2.29. The number of nitrogens with zero attached hydrogens (tertiary/aromatic N) is 1. The number of H-pyrrole nitrogens is 1. The van der Waals surface area contributed by atoms with Crippen LogP contribution in [0.25, 0.3) is 28.2 Å². The minimum atomic E-state index is -1.06. The van der Waals surface area contributed by atoms with Crippen molar-refractivity contribution in [2.45, 2.75) is 47.1 Å². The lowest BCUT2D eigenvalue weighted by Gasteiger charge is -2.12. The average Bonchev–Trinajstić information content (AvgIpc) is 3.12. The topological polar surface area (TPSA) is 95.1 Å². The Kier molecular flexibility index (Phi) is 6.06. The van der Waals surface area contributed by atoms with Gasteiger partial charge in [-0.2, -0.15) is 0 Å².